The highest BCUT2D eigenvalue weighted by Gasteiger charge is 2.31. The first-order valence-corrected chi connectivity index (χ1v) is 25.7. The van der Waals surface area contributed by atoms with Crippen LogP contribution in [-0.4, -0.2) is 34.4 Å². The van der Waals surface area contributed by atoms with Gasteiger partial charge in [0.2, 0.25) is 0 Å². The topological polar surface area (TPSA) is 69.4 Å². The molecule has 0 fully saturated rings. The number of nitrogens with zero attached hydrogens (tertiary/aromatic N) is 6. The first-order valence-electron chi connectivity index (χ1n) is 24.4. The van der Waals surface area contributed by atoms with Crippen LogP contribution in [0.5, 0.6) is 0 Å². The molecule has 1 unspecified atom stereocenters. The Morgan fingerprint density at radius 3 is 1.41 bits per heavy atom. The fourth-order valence-corrected chi connectivity index (χ4v) is 12.4. The second-order valence-electron chi connectivity index (χ2n) is 18.2. The summed E-state index contributed by atoms with van der Waals surface area (Å²) in [6, 6.07) is 80.7. The van der Waals surface area contributed by atoms with Crippen LogP contribution < -0.4 is 0 Å². The predicted molar refractivity (Wildman–Crippen MR) is 301 cm³/mol. The van der Waals surface area contributed by atoms with Crippen molar-refractivity contribution >= 4 is 36.9 Å². The maximum atomic E-state index is 5.75. The summed E-state index contributed by atoms with van der Waals surface area (Å²) >= 11 is 0. The van der Waals surface area contributed by atoms with Crippen molar-refractivity contribution in [1.29, 1.82) is 0 Å². The van der Waals surface area contributed by atoms with Gasteiger partial charge in [0, 0.05) is 60.0 Å². The number of hydrogen-bond acceptors (Lipinski definition) is 5. The molecular formula is C66H42N6S. The highest BCUT2D eigenvalue weighted by molar-refractivity contribution is 8.19. The summed E-state index contributed by atoms with van der Waals surface area (Å²) in [5.74, 6) is 2.10. The molecule has 0 radical (unpaired) electrons. The van der Waals surface area contributed by atoms with E-state index in [4.69, 9.17) is 24.9 Å². The lowest BCUT2D eigenvalue weighted by Gasteiger charge is -2.24. The SMILES string of the molecule is C1=CC2=S(C=C1)c1ccccc1-c1nc(-c3cc(-c4cc(-c5ccccc5)nc(-c5cccc6ccccc56)n4)cc(-c4cc(-c5ccccc5)nc(-c5cccc6ccccc56)n4)c3)n(-c3ccccc3)c12. The normalized spacial score (nSPS) is 13.5. The van der Waals surface area contributed by atoms with Gasteiger partial charge in [0.15, 0.2) is 11.6 Å². The molecule has 1 atom stereocenters. The highest BCUT2D eigenvalue weighted by atomic mass is 32.2. The van der Waals surface area contributed by atoms with Crippen molar-refractivity contribution in [3.05, 3.63) is 260 Å². The van der Waals surface area contributed by atoms with Crippen LogP contribution in [0.1, 0.15) is 5.69 Å². The van der Waals surface area contributed by atoms with Crippen molar-refractivity contribution in [2.24, 2.45) is 0 Å². The molecule has 2 aliphatic rings. The number of para-hydroxylation sites is 1. The molecule has 7 heteroatoms. The van der Waals surface area contributed by atoms with Gasteiger partial charge in [-0.15, -0.1) is 10.5 Å². The summed E-state index contributed by atoms with van der Waals surface area (Å²) in [5, 5.41) is 6.76. The third-order valence-corrected chi connectivity index (χ3v) is 15.8. The minimum Gasteiger partial charge on any atom is -0.291 e. The van der Waals surface area contributed by atoms with Gasteiger partial charge in [-0.1, -0.05) is 194 Å². The molecule has 2 aliphatic heterocycles. The first kappa shape index (κ1) is 42.4. The van der Waals surface area contributed by atoms with Crippen LogP contribution in [0.3, 0.4) is 0 Å². The number of rotatable bonds is 8. The van der Waals surface area contributed by atoms with Crippen LogP contribution in [0.2, 0.25) is 0 Å². The molecule has 0 bridgehead atoms. The Kier molecular flexibility index (Phi) is 10.3. The fraction of sp³-hybridized carbons (Fsp3) is 0. The molecule has 73 heavy (non-hydrogen) atoms. The predicted octanol–water partition coefficient (Wildman–Crippen LogP) is 16.3. The Morgan fingerprint density at radius 2 is 0.822 bits per heavy atom. The van der Waals surface area contributed by atoms with E-state index in [-0.39, 0.29) is 10.5 Å². The minimum absolute atomic E-state index is 0.284. The number of hydrogen-bond donors (Lipinski definition) is 0. The number of fused-ring (bicyclic) bond motifs is 7. The average Bonchev–Trinajstić information content (AvgIpc) is 3.89. The summed E-state index contributed by atoms with van der Waals surface area (Å²) in [5.41, 5.74) is 14.0. The molecule has 0 aliphatic carbocycles. The third kappa shape index (κ3) is 7.53. The van der Waals surface area contributed by atoms with Gasteiger partial charge in [-0.05, 0) is 81.6 Å². The van der Waals surface area contributed by atoms with Gasteiger partial charge in [0.25, 0.3) is 0 Å². The van der Waals surface area contributed by atoms with Crippen molar-refractivity contribution in [1.82, 2.24) is 29.5 Å². The van der Waals surface area contributed by atoms with E-state index in [1.54, 1.807) is 0 Å². The van der Waals surface area contributed by atoms with E-state index >= 15 is 0 Å². The van der Waals surface area contributed by atoms with Gasteiger partial charge in [0.05, 0.1) is 34.2 Å². The van der Waals surface area contributed by atoms with Crippen molar-refractivity contribution in [3.8, 4) is 96.1 Å². The monoisotopic (exact) mass is 950 g/mol. The zero-order valence-electron chi connectivity index (χ0n) is 39.3. The lowest BCUT2D eigenvalue weighted by Crippen LogP contribution is -2.13. The van der Waals surface area contributed by atoms with Crippen molar-refractivity contribution < 1.29 is 0 Å². The quantitative estimate of drug-likeness (QED) is 0.142. The largest absolute Gasteiger partial charge is 0.291 e. The lowest BCUT2D eigenvalue weighted by atomic mass is 9.97. The second kappa shape index (κ2) is 17.8. The summed E-state index contributed by atoms with van der Waals surface area (Å²) in [6.45, 7) is 0. The molecule has 0 N–H and O–H groups in total. The Labute approximate surface area is 425 Å². The molecule has 5 heterocycles. The van der Waals surface area contributed by atoms with Crippen molar-refractivity contribution in [2.45, 2.75) is 4.90 Å². The molecular weight excluding hydrogens is 909 g/mol. The maximum Gasteiger partial charge on any atom is 0.161 e. The Balaban J connectivity index is 1.08. The molecule has 342 valence electrons. The Hall–Kier alpha value is -9.43. The Bertz CT molecular complexity index is 4060. The zero-order valence-corrected chi connectivity index (χ0v) is 40.2. The smallest absolute Gasteiger partial charge is 0.161 e. The van der Waals surface area contributed by atoms with Crippen LogP contribution in [0.15, 0.2) is 259 Å². The van der Waals surface area contributed by atoms with E-state index in [1.807, 2.05) is 12.1 Å². The molecule has 14 rings (SSSR count). The van der Waals surface area contributed by atoms with Crippen LogP contribution in [-0.2, 0) is 0 Å². The molecule has 0 spiro atoms. The van der Waals surface area contributed by atoms with Crippen LogP contribution in [0, 0.1) is 0 Å². The van der Waals surface area contributed by atoms with E-state index in [0.29, 0.717) is 11.6 Å². The van der Waals surface area contributed by atoms with Gasteiger partial charge in [0.1, 0.15) is 5.82 Å². The van der Waals surface area contributed by atoms with Gasteiger partial charge in [-0.25, -0.2) is 24.9 Å². The van der Waals surface area contributed by atoms with Crippen LogP contribution >= 0.6 is 10.5 Å². The van der Waals surface area contributed by atoms with Crippen LogP contribution in [0.25, 0.3) is 118 Å². The lowest BCUT2D eigenvalue weighted by molar-refractivity contribution is 1.06. The summed E-state index contributed by atoms with van der Waals surface area (Å²) in [7, 11) is -0.284. The number of allylic oxidation sites excluding steroid dienone is 3. The maximum absolute atomic E-state index is 5.75. The van der Waals surface area contributed by atoms with Gasteiger partial charge >= 0.3 is 0 Å². The number of imidazole rings is 1. The molecule has 0 saturated heterocycles. The van der Waals surface area contributed by atoms with E-state index < -0.39 is 0 Å². The van der Waals surface area contributed by atoms with Crippen LogP contribution in [0.4, 0.5) is 0 Å². The average molecular weight is 951 g/mol. The number of benzene rings is 9. The summed E-state index contributed by atoms with van der Waals surface area (Å²) in [4.78, 5) is 29.9. The molecule has 0 amide bonds. The molecule has 12 aromatic rings. The Morgan fingerprint density at radius 1 is 0.356 bits per heavy atom. The zero-order chi connectivity index (χ0) is 48.2. The molecule has 0 saturated carbocycles. The van der Waals surface area contributed by atoms with E-state index in [1.165, 1.54) is 9.76 Å². The standard InChI is InChI=1S/C66H42N6S/c1-4-22-45(23-5-1)56-41-58(69-64(67-56)53-33-18-26-43-20-10-12-30-51(43)53)47-38-48(59-42-57(46-24-6-2-7-25-46)68-65(70-59)54-34-19-27-44-21-11-13-31-52(44)54)40-49(39-47)66-71-62-55-32-14-15-35-60(55)73-37-17-16-36-61(73)63(62)72(66)50-28-8-3-9-29-50/h1-42H. The third-order valence-electron chi connectivity index (χ3n) is 13.7. The summed E-state index contributed by atoms with van der Waals surface area (Å²) < 4.78 is 2.36. The van der Waals surface area contributed by atoms with Gasteiger partial charge in [-0.2, -0.15) is 0 Å². The number of aromatic nitrogens is 6. The summed E-state index contributed by atoms with van der Waals surface area (Å²) in [6.07, 6.45) is 6.59. The van der Waals surface area contributed by atoms with Crippen molar-refractivity contribution in [2.75, 3.05) is 0 Å². The molecule has 3 aromatic heterocycles. The van der Waals surface area contributed by atoms with Gasteiger partial charge in [-0.3, -0.25) is 4.57 Å². The second-order valence-corrected chi connectivity index (χ2v) is 20.0. The first-order chi connectivity index (χ1) is 36.2. The van der Waals surface area contributed by atoms with E-state index in [0.717, 1.165) is 112 Å². The fourth-order valence-electron chi connectivity index (χ4n) is 10.3. The van der Waals surface area contributed by atoms with Gasteiger partial charge < -0.3 is 0 Å². The minimum atomic E-state index is -0.284. The van der Waals surface area contributed by atoms with E-state index in [9.17, 15) is 0 Å². The van der Waals surface area contributed by atoms with Crippen molar-refractivity contribution in [3.63, 3.8) is 0 Å². The highest BCUT2D eigenvalue weighted by Crippen LogP contribution is 2.49. The molecule has 6 nitrogen and oxygen atoms in total. The van der Waals surface area contributed by atoms with E-state index in [2.05, 4.69) is 247 Å². The molecule has 9 aromatic carbocycles.